The van der Waals surface area contributed by atoms with E-state index >= 15 is 0 Å². The van der Waals surface area contributed by atoms with Crippen molar-refractivity contribution >= 4 is 11.9 Å². The van der Waals surface area contributed by atoms with Crippen molar-refractivity contribution in [1.82, 2.24) is 5.32 Å². The van der Waals surface area contributed by atoms with Crippen LogP contribution in [0.5, 0.6) is 0 Å². The number of halogens is 3. The average Bonchev–Trinajstić information content (AvgIpc) is 2.14. The van der Waals surface area contributed by atoms with Crippen LogP contribution in [0.4, 0.5) is 13.2 Å². The minimum absolute atomic E-state index is 0.0363. The second-order valence-corrected chi connectivity index (χ2v) is 3.31. The Kier molecular flexibility index (Phi) is 6.52. The maximum atomic E-state index is 11.7. The summed E-state index contributed by atoms with van der Waals surface area (Å²) in [5.74, 6) is -2.82. The lowest BCUT2D eigenvalue weighted by Crippen LogP contribution is -2.37. The zero-order valence-corrected chi connectivity index (χ0v) is 8.64. The monoisotopic (exact) mass is 241 g/mol. The van der Waals surface area contributed by atoms with E-state index in [2.05, 4.69) is 0 Å². The summed E-state index contributed by atoms with van der Waals surface area (Å²) in [6.07, 6.45) is -2.61. The summed E-state index contributed by atoms with van der Waals surface area (Å²) in [4.78, 5) is 20.4. The Balaban J connectivity index is 3.34. The molecule has 0 aliphatic carbocycles. The van der Waals surface area contributed by atoms with E-state index in [9.17, 15) is 22.8 Å². The van der Waals surface area contributed by atoms with Gasteiger partial charge in [-0.3, -0.25) is 9.59 Å². The Morgan fingerprint density at radius 1 is 1.06 bits per heavy atom. The highest BCUT2D eigenvalue weighted by Crippen LogP contribution is 2.14. The molecule has 1 amide bonds. The fraction of sp³-hybridized carbons (Fsp3) is 0.778. The first-order chi connectivity index (χ1) is 7.34. The molecule has 0 radical (unpaired) electrons. The highest BCUT2D eigenvalue weighted by atomic mass is 19.4. The van der Waals surface area contributed by atoms with Crippen LogP contribution in [0.3, 0.4) is 0 Å². The molecule has 0 aromatic heterocycles. The first-order valence-electron chi connectivity index (χ1n) is 4.91. The highest BCUT2D eigenvalue weighted by molar-refractivity contribution is 5.81. The van der Waals surface area contributed by atoms with Crippen LogP contribution in [0.15, 0.2) is 0 Å². The predicted molar refractivity (Wildman–Crippen MR) is 49.8 cm³/mol. The standard InChI is InChI=1S/C9H14F3NO3/c10-9(11,12)8(16)13-6-4-2-1-3-5-7(14)15/h1-6H2,(H,13,16)(H,14,15). The Morgan fingerprint density at radius 2 is 1.62 bits per heavy atom. The summed E-state index contributed by atoms with van der Waals surface area (Å²) in [5.41, 5.74) is 0. The molecule has 0 saturated heterocycles. The molecule has 0 saturated carbocycles. The number of carboxylic acids is 1. The van der Waals surface area contributed by atoms with E-state index in [0.717, 1.165) is 0 Å². The molecule has 7 heteroatoms. The van der Waals surface area contributed by atoms with Gasteiger partial charge in [0.1, 0.15) is 0 Å². The largest absolute Gasteiger partial charge is 0.481 e. The smallest absolute Gasteiger partial charge is 0.471 e. The molecule has 0 atom stereocenters. The maximum absolute atomic E-state index is 11.7. The van der Waals surface area contributed by atoms with Gasteiger partial charge in [-0.05, 0) is 12.8 Å². The summed E-state index contributed by atoms with van der Waals surface area (Å²) in [6.45, 7) is -0.0363. The van der Waals surface area contributed by atoms with Crippen molar-refractivity contribution in [3.63, 3.8) is 0 Å². The quantitative estimate of drug-likeness (QED) is 0.667. The van der Waals surface area contributed by atoms with Gasteiger partial charge < -0.3 is 10.4 Å². The minimum Gasteiger partial charge on any atom is -0.481 e. The van der Waals surface area contributed by atoms with Gasteiger partial charge in [-0.25, -0.2) is 0 Å². The molecule has 0 rings (SSSR count). The van der Waals surface area contributed by atoms with Crippen molar-refractivity contribution in [2.45, 2.75) is 38.3 Å². The van der Waals surface area contributed by atoms with Gasteiger partial charge in [0.25, 0.3) is 0 Å². The van der Waals surface area contributed by atoms with Crippen molar-refractivity contribution in [1.29, 1.82) is 0 Å². The SMILES string of the molecule is O=C(O)CCCCCCNC(=O)C(F)(F)F. The van der Waals surface area contributed by atoms with Crippen LogP contribution in [-0.2, 0) is 9.59 Å². The third kappa shape index (κ3) is 8.07. The van der Waals surface area contributed by atoms with Crippen molar-refractivity contribution in [2.75, 3.05) is 6.54 Å². The van der Waals surface area contributed by atoms with Gasteiger partial charge in [0.15, 0.2) is 0 Å². The number of unbranched alkanes of at least 4 members (excludes halogenated alkanes) is 3. The molecule has 4 nitrogen and oxygen atoms in total. The Morgan fingerprint density at radius 3 is 2.12 bits per heavy atom. The van der Waals surface area contributed by atoms with E-state index in [0.29, 0.717) is 25.7 Å². The first-order valence-corrected chi connectivity index (χ1v) is 4.91. The summed E-state index contributed by atoms with van der Waals surface area (Å²) in [5, 5.41) is 10.0. The van der Waals surface area contributed by atoms with E-state index in [-0.39, 0.29) is 13.0 Å². The molecule has 0 aromatic carbocycles. The summed E-state index contributed by atoms with van der Waals surface area (Å²) < 4.78 is 35.1. The molecular weight excluding hydrogens is 227 g/mol. The fourth-order valence-corrected chi connectivity index (χ4v) is 1.06. The van der Waals surface area contributed by atoms with Crippen LogP contribution in [0, 0.1) is 0 Å². The molecule has 0 bridgehead atoms. The summed E-state index contributed by atoms with van der Waals surface area (Å²) >= 11 is 0. The normalized spacial score (nSPS) is 11.2. The van der Waals surface area contributed by atoms with Gasteiger partial charge in [-0.15, -0.1) is 0 Å². The molecule has 2 N–H and O–H groups in total. The lowest BCUT2D eigenvalue weighted by molar-refractivity contribution is -0.173. The van der Waals surface area contributed by atoms with Crippen molar-refractivity contribution in [3.05, 3.63) is 0 Å². The predicted octanol–water partition coefficient (Wildman–Crippen LogP) is 1.70. The van der Waals surface area contributed by atoms with Gasteiger partial charge in [0, 0.05) is 13.0 Å². The molecular formula is C9H14F3NO3. The van der Waals surface area contributed by atoms with Gasteiger partial charge >= 0.3 is 18.1 Å². The molecule has 0 aliphatic rings. The lowest BCUT2D eigenvalue weighted by atomic mass is 10.1. The molecule has 0 aromatic rings. The molecule has 0 unspecified atom stereocenters. The molecule has 0 aliphatic heterocycles. The molecule has 0 heterocycles. The van der Waals surface area contributed by atoms with Crippen LogP contribution in [0.1, 0.15) is 32.1 Å². The van der Waals surface area contributed by atoms with Crippen molar-refractivity contribution < 1.29 is 27.9 Å². The third-order valence-electron chi connectivity index (χ3n) is 1.86. The molecule has 94 valence electrons. The molecule has 0 spiro atoms. The second-order valence-electron chi connectivity index (χ2n) is 3.31. The fourth-order valence-electron chi connectivity index (χ4n) is 1.06. The Bertz CT molecular complexity index is 241. The maximum Gasteiger partial charge on any atom is 0.471 e. The summed E-state index contributed by atoms with van der Waals surface area (Å²) in [6, 6.07) is 0. The number of amides is 1. The number of carbonyl (C=O) groups is 2. The van der Waals surface area contributed by atoms with Gasteiger partial charge in [-0.2, -0.15) is 13.2 Å². The van der Waals surface area contributed by atoms with E-state index in [1.807, 2.05) is 0 Å². The highest BCUT2D eigenvalue weighted by Gasteiger charge is 2.38. The third-order valence-corrected chi connectivity index (χ3v) is 1.86. The number of nitrogens with one attached hydrogen (secondary N) is 1. The number of carbonyl (C=O) groups excluding carboxylic acids is 1. The number of hydrogen-bond donors (Lipinski definition) is 2. The van der Waals surface area contributed by atoms with Crippen molar-refractivity contribution in [2.24, 2.45) is 0 Å². The molecule has 16 heavy (non-hydrogen) atoms. The second kappa shape index (κ2) is 7.08. The summed E-state index contributed by atoms with van der Waals surface area (Å²) in [7, 11) is 0. The van der Waals surface area contributed by atoms with Crippen LogP contribution in [-0.4, -0.2) is 29.7 Å². The van der Waals surface area contributed by atoms with E-state index in [1.54, 1.807) is 5.32 Å². The van der Waals surface area contributed by atoms with Crippen LogP contribution in [0.25, 0.3) is 0 Å². The van der Waals surface area contributed by atoms with E-state index in [1.165, 1.54) is 0 Å². The van der Waals surface area contributed by atoms with Gasteiger partial charge in [-0.1, -0.05) is 12.8 Å². The van der Waals surface area contributed by atoms with Crippen LogP contribution in [0.2, 0.25) is 0 Å². The van der Waals surface area contributed by atoms with Gasteiger partial charge in [0.2, 0.25) is 0 Å². The number of hydrogen-bond acceptors (Lipinski definition) is 2. The van der Waals surface area contributed by atoms with E-state index < -0.39 is 18.1 Å². The van der Waals surface area contributed by atoms with Crippen LogP contribution >= 0.6 is 0 Å². The lowest BCUT2D eigenvalue weighted by Gasteiger charge is -2.07. The number of rotatable bonds is 7. The zero-order chi connectivity index (χ0) is 12.6. The van der Waals surface area contributed by atoms with E-state index in [4.69, 9.17) is 5.11 Å². The Labute approximate surface area is 90.8 Å². The molecule has 0 fully saturated rings. The first kappa shape index (κ1) is 14.7. The minimum atomic E-state index is -4.83. The Hall–Kier alpha value is -1.27. The zero-order valence-electron chi connectivity index (χ0n) is 8.64. The average molecular weight is 241 g/mol. The number of carboxylic acid groups (broad SMARTS) is 1. The van der Waals surface area contributed by atoms with Crippen LogP contribution < -0.4 is 5.32 Å². The van der Waals surface area contributed by atoms with Gasteiger partial charge in [0.05, 0.1) is 0 Å². The van der Waals surface area contributed by atoms with Crippen molar-refractivity contribution in [3.8, 4) is 0 Å². The topological polar surface area (TPSA) is 66.4 Å². The number of aliphatic carboxylic acids is 1. The number of alkyl halides is 3.